The van der Waals surface area contributed by atoms with Gasteiger partial charge in [-0.05, 0) is 54.2 Å². The minimum Gasteiger partial charge on any atom is -0.421 e. The molecule has 0 saturated heterocycles. The van der Waals surface area contributed by atoms with Gasteiger partial charge >= 0.3 is 5.97 Å². The number of hydrogen-bond acceptors (Lipinski definition) is 4. The Morgan fingerprint density at radius 1 is 0.882 bits per heavy atom. The second-order valence-electron chi connectivity index (χ2n) is 8.18. The van der Waals surface area contributed by atoms with Crippen molar-refractivity contribution in [1.82, 2.24) is 0 Å². The maximum Gasteiger partial charge on any atom is 0.343 e. The summed E-state index contributed by atoms with van der Waals surface area (Å²) in [4.78, 5) is 12.7. The van der Waals surface area contributed by atoms with Gasteiger partial charge in [0.05, 0.1) is 11.1 Å². The second-order valence-corrected chi connectivity index (χ2v) is 8.18. The van der Waals surface area contributed by atoms with E-state index in [2.05, 4.69) is 19.9 Å². The normalized spacial score (nSPS) is 10.4. The Kier molecular flexibility index (Phi) is 8.54. The molecule has 0 heterocycles. The van der Waals surface area contributed by atoms with E-state index >= 15 is 0 Å². The summed E-state index contributed by atoms with van der Waals surface area (Å²) < 4.78 is 20.3. The molecule has 3 aromatic carbocycles. The smallest absolute Gasteiger partial charge is 0.343 e. The minimum absolute atomic E-state index is 0.000658. The molecule has 0 spiro atoms. The lowest BCUT2D eigenvalue weighted by atomic mass is 9.97. The van der Waals surface area contributed by atoms with Crippen LogP contribution in [0.1, 0.15) is 72.1 Å². The van der Waals surface area contributed by atoms with Crippen LogP contribution in [0.4, 0.5) is 4.39 Å². The van der Waals surface area contributed by atoms with Gasteiger partial charge in [-0.2, -0.15) is 10.5 Å². The average Bonchev–Trinajstić information content (AvgIpc) is 2.85. The number of carbonyl (C=O) groups is 1. The largest absolute Gasteiger partial charge is 0.421 e. The minimum atomic E-state index is -0.789. The first-order chi connectivity index (χ1) is 16.5. The number of ether oxygens (including phenoxy) is 1. The van der Waals surface area contributed by atoms with E-state index in [1.807, 2.05) is 30.3 Å². The van der Waals surface area contributed by atoms with Gasteiger partial charge in [0.25, 0.3) is 0 Å². The van der Waals surface area contributed by atoms with Crippen molar-refractivity contribution < 1.29 is 13.9 Å². The number of halogens is 1. The molecule has 0 atom stereocenters. The number of benzene rings is 3. The van der Waals surface area contributed by atoms with Crippen LogP contribution in [0.2, 0.25) is 0 Å². The first-order valence-electron chi connectivity index (χ1n) is 11.6. The quantitative estimate of drug-likeness (QED) is 0.196. The Labute approximate surface area is 200 Å². The predicted octanol–water partition coefficient (Wildman–Crippen LogP) is 7.14. The standard InChI is InChI=1S/C29H27FN2O2/c1-3-5-6-8-21-14-16-28(26(19-32)25(21)18-31)34-29(33)23-13-15-24(27(30)17-23)22-11-9-20(7-4-2)10-12-22/h9-17H,3-8H2,1-2H3. The third-order valence-corrected chi connectivity index (χ3v) is 5.74. The summed E-state index contributed by atoms with van der Waals surface area (Å²) in [5, 5.41) is 19.2. The Bertz CT molecular complexity index is 1250. The van der Waals surface area contributed by atoms with E-state index in [9.17, 15) is 19.7 Å². The molecule has 0 radical (unpaired) electrons. The Morgan fingerprint density at radius 3 is 2.24 bits per heavy atom. The van der Waals surface area contributed by atoms with Gasteiger partial charge in [-0.3, -0.25) is 0 Å². The summed E-state index contributed by atoms with van der Waals surface area (Å²) in [5.74, 6) is -1.33. The van der Waals surface area contributed by atoms with Crippen LogP contribution in [0.5, 0.6) is 5.75 Å². The predicted molar refractivity (Wildman–Crippen MR) is 130 cm³/mol. The number of aryl methyl sites for hydroxylation is 2. The van der Waals surface area contributed by atoms with Crippen LogP contribution in [0.3, 0.4) is 0 Å². The van der Waals surface area contributed by atoms with Crippen LogP contribution in [-0.2, 0) is 12.8 Å². The molecule has 5 heteroatoms. The number of rotatable bonds is 9. The third-order valence-electron chi connectivity index (χ3n) is 5.74. The van der Waals surface area contributed by atoms with Crippen LogP contribution in [0.25, 0.3) is 11.1 Å². The molecule has 3 rings (SSSR count). The molecule has 3 aromatic rings. The summed E-state index contributed by atoms with van der Waals surface area (Å²) in [7, 11) is 0. The van der Waals surface area contributed by atoms with Crippen molar-refractivity contribution in [2.45, 2.75) is 52.4 Å². The van der Waals surface area contributed by atoms with Crippen molar-refractivity contribution in [1.29, 1.82) is 10.5 Å². The van der Waals surface area contributed by atoms with E-state index in [0.717, 1.165) is 49.3 Å². The van der Waals surface area contributed by atoms with Gasteiger partial charge in [-0.1, -0.05) is 69.5 Å². The summed E-state index contributed by atoms with van der Waals surface area (Å²) in [6.07, 6.45) is 5.64. The topological polar surface area (TPSA) is 73.9 Å². The molecule has 4 nitrogen and oxygen atoms in total. The number of hydrogen-bond donors (Lipinski definition) is 0. The van der Waals surface area contributed by atoms with Gasteiger partial charge in [0, 0.05) is 5.56 Å². The molecule has 0 saturated carbocycles. The number of nitrogens with zero attached hydrogens (tertiary/aromatic N) is 2. The van der Waals surface area contributed by atoms with Crippen molar-refractivity contribution in [2.24, 2.45) is 0 Å². The lowest BCUT2D eigenvalue weighted by Crippen LogP contribution is -2.11. The van der Waals surface area contributed by atoms with Crippen LogP contribution >= 0.6 is 0 Å². The molecule has 0 fully saturated rings. The first kappa shape index (κ1) is 24.7. The highest BCUT2D eigenvalue weighted by Gasteiger charge is 2.19. The van der Waals surface area contributed by atoms with Crippen LogP contribution < -0.4 is 4.74 Å². The molecule has 0 aliphatic rings. The SMILES string of the molecule is CCCCCc1ccc(OC(=O)c2ccc(-c3ccc(CCC)cc3)c(F)c2)c(C#N)c1C#N. The lowest BCUT2D eigenvalue weighted by molar-refractivity contribution is 0.0733. The van der Waals surface area contributed by atoms with Gasteiger partial charge in [-0.25, -0.2) is 9.18 Å². The fourth-order valence-corrected chi connectivity index (χ4v) is 3.90. The fourth-order valence-electron chi connectivity index (χ4n) is 3.90. The Morgan fingerprint density at radius 2 is 1.62 bits per heavy atom. The molecule has 0 bridgehead atoms. The zero-order chi connectivity index (χ0) is 24.5. The van der Waals surface area contributed by atoms with Gasteiger partial charge in [0.2, 0.25) is 0 Å². The second kappa shape index (κ2) is 11.8. The lowest BCUT2D eigenvalue weighted by Gasteiger charge is -2.11. The number of esters is 1. The van der Waals surface area contributed by atoms with Crippen LogP contribution in [-0.4, -0.2) is 5.97 Å². The maximum absolute atomic E-state index is 14.8. The van der Waals surface area contributed by atoms with E-state index in [0.29, 0.717) is 12.0 Å². The summed E-state index contributed by atoms with van der Waals surface area (Å²) >= 11 is 0. The highest BCUT2D eigenvalue weighted by Crippen LogP contribution is 2.28. The van der Waals surface area contributed by atoms with Gasteiger partial charge in [0.15, 0.2) is 0 Å². The Balaban J connectivity index is 1.82. The maximum atomic E-state index is 14.8. The summed E-state index contributed by atoms with van der Waals surface area (Å²) in [6.45, 7) is 4.20. The highest BCUT2D eigenvalue weighted by molar-refractivity contribution is 5.92. The van der Waals surface area contributed by atoms with Crippen molar-refractivity contribution in [3.8, 4) is 29.0 Å². The molecule has 172 valence electrons. The third kappa shape index (κ3) is 5.69. The highest BCUT2D eigenvalue weighted by atomic mass is 19.1. The van der Waals surface area contributed by atoms with E-state index in [1.54, 1.807) is 12.1 Å². The number of nitriles is 2. The molecule has 0 aliphatic carbocycles. The van der Waals surface area contributed by atoms with Crippen molar-refractivity contribution in [3.63, 3.8) is 0 Å². The monoisotopic (exact) mass is 454 g/mol. The van der Waals surface area contributed by atoms with Gasteiger partial charge in [0.1, 0.15) is 29.3 Å². The molecule has 0 unspecified atom stereocenters. The van der Waals surface area contributed by atoms with Crippen molar-refractivity contribution >= 4 is 5.97 Å². The summed E-state index contributed by atoms with van der Waals surface area (Å²) in [6, 6.07) is 19.2. The number of unbranched alkanes of at least 4 members (excludes halogenated alkanes) is 2. The molecular weight excluding hydrogens is 427 g/mol. The van der Waals surface area contributed by atoms with Crippen molar-refractivity contribution in [2.75, 3.05) is 0 Å². The zero-order valence-electron chi connectivity index (χ0n) is 19.5. The summed E-state index contributed by atoms with van der Waals surface area (Å²) in [5.41, 5.74) is 3.33. The molecular formula is C29H27FN2O2. The molecule has 0 aromatic heterocycles. The van der Waals surface area contributed by atoms with E-state index < -0.39 is 11.8 Å². The van der Waals surface area contributed by atoms with E-state index in [4.69, 9.17) is 4.74 Å². The van der Waals surface area contributed by atoms with E-state index in [1.165, 1.54) is 17.7 Å². The Hall–Kier alpha value is -3.96. The van der Waals surface area contributed by atoms with E-state index in [-0.39, 0.29) is 22.4 Å². The molecule has 0 N–H and O–H groups in total. The van der Waals surface area contributed by atoms with Gasteiger partial charge in [-0.15, -0.1) is 0 Å². The molecule has 0 aliphatic heterocycles. The first-order valence-corrected chi connectivity index (χ1v) is 11.6. The average molecular weight is 455 g/mol. The zero-order valence-corrected chi connectivity index (χ0v) is 19.5. The fraction of sp³-hybridized carbons (Fsp3) is 0.276. The van der Waals surface area contributed by atoms with Crippen LogP contribution in [0, 0.1) is 28.5 Å². The van der Waals surface area contributed by atoms with Crippen molar-refractivity contribution in [3.05, 3.63) is 88.2 Å². The van der Waals surface area contributed by atoms with Gasteiger partial charge < -0.3 is 4.74 Å². The molecule has 34 heavy (non-hydrogen) atoms. The number of carbonyl (C=O) groups excluding carboxylic acids is 1. The molecule has 0 amide bonds. The van der Waals surface area contributed by atoms with Crippen LogP contribution in [0.15, 0.2) is 54.6 Å².